The van der Waals surface area contributed by atoms with Gasteiger partial charge in [-0.25, -0.2) is 4.98 Å². The van der Waals surface area contributed by atoms with Gasteiger partial charge in [0, 0.05) is 33.4 Å². The fraction of sp³-hybridized carbons (Fsp3) is 0.600. The lowest BCUT2D eigenvalue weighted by molar-refractivity contribution is 0.122. The summed E-state index contributed by atoms with van der Waals surface area (Å²) in [6, 6.07) is 1.94. The molecule has 2 heterocycles. The van der Waals surface area contributed by atoms with E-state index in [1.807, 2.05) is 25.1 Å². The summed E-state index contributed by atoms with van der Waals surface area (Å²) in [6.07, 6.45) is 1.80. The van der Waals surface area contributed by atoms with Crippen molar-refractivity contribution in [3.8, 4) is 0 Å². The molecular weight excluding hydrogens is 192 g/mol. The number of rotatable bonds is 2. The Morgan fingerprint density at radius 2 is 2.07 bits per heavy atom. The molecular formula is C10H16N4O. The number of hydrogen-bond acceptors (Lipinski definition) is 5. The number of anilines is 2. The van der Waals surface area contributed by atoms with Crippen molar-refractivity contribution in [1.82, 2.24) is 9.97 Å². The van der Waals surface area contributed by atoms with E-state index >= 15 is 0 Å². The first-order valence-corrected chi connectivity index (χ1v) is 5.10. The first-order chi connectivity index (χ1) is 7.27. The van der Waals surface area contributed by atoms with Crippen LogP contribution in [0.5, 0.6) is 0 Å². The van der Waals surface area contributed by atoms with E-state index in [-0.39, 0.29) is 0 Å². The normalized spacial score (nSPS) is 16.5. The summed E-state index contributed by atoms with van der Waals surface area (Å²) in [5, 5.41) is 0. The minimum absolute atomic E-state index is 0.749. The van der Waals surface area contributed by atoms with Crippen LogP contribution in [0.3, 0.4) is 0 Å². The molecule has 0 spiro atoms. The Morgan fingerprint density at radius 1 is 1.33 bits per heavy atom. The Hall–Kier alpha value is -1.36. The number of morpholine rings is 1. The van der Waals surface area contributed by atoms with Crippen molar-refractivity contribution in [2.75, 3.05) is 50.2 Å². The van der Waals surface area contributed by atoms with Crippen molar-refractivity contribution in [3.63, 3.8) is 0 Å². The van der Waals surface area contributed by atoms with Crippen LogP contribution in [0.15, 0.2) is 12.3 Å². The molecule has 0 N–H and O–H groups in total. The van der Waals surface area contributed by atoms with Crippen LogP contribution in [0.2, 0.25) is 0 Å². The Kier molecular flexibility index (Phi) is 3.01. The molecule has 0 amide bonds. The Labute approximate surface area is 89.7 Å². The second-order valence-corrected chi connectivity index (χ2v) is 3.71. The quantitative estimate of drug-likeness (QED) is 0.703. The van der Waals surface area contributed by atoms with Gasteiger partial charge < -0.3 is 14.5 Å². The van der Waals surface area contributed by atoms with Gasteiger partial charge in [-0.3, -0.25) is 0 Å². The van der Waals surface area contributed by atoms with Gasteiger partial charge in [-0.2, -0.15) is 4.98 Å². The molecule has 1 saturated heterocycles. The summed E-state index contributed by atoms with van der Waals surface area (Å²) in [6.45, 7) is 3.37. The zero-order valence-electron chi connectivity index (χ0n) is 9.18. The molecule has 1 aromatic heterocycles. The van der Waals surface area contributed by atoms with Crippen LogP contribution in [-0.2, 0) is 4.74 Å². The van der Waals surface area contributed by atoms with E-state index in [4.69, 9.17) is 4.74 Å². The van der Waals surface area contributed by atoms with E-state index in [2.05, 4.69) is 14.9 Å². The van der Waals surface area contributed by atoms with Gasteiger partial charge in [0.15, 0.2) is 0 Å². The van der Waals surface area contributed by atoms with Gasteiger partial charge in [-0.15, -0.1) is 0 Å². The summed E-state index contributed by atoms with van der Waals surface area (Å²) >= 11 is 0. The molecule has 15 heavy (non-hydrogen) atoms. The van der Waals surface area contributed by atoms with E-state index in [1.54, 1.807) is 6.20 Å². The van der Waals surface area contributed by atoms with Crippen molar-refractivity contribution in [2.45, 2.75) is 0 Å². The molecule has 0 saturated carbocycles. The van der Waals surface area contributed by atoms with Gasteiger partial charge >= 0.3 is 0 Å². The smallest absolute Gasteiger partial charge is 0.226 e. The van der Waals surface area contributed by atoms with Gasteiger partial charge in [0.1, 0.15) is 5.82 Å². The maximum atomic E-state index is 5.30. The zero-order valence-corrected chi connectivity index (χ0v) is 9.18. The second kappa shape index (κ2) is 4.44. The summed E-state index contributed by atoms with van der Waals surface area (Å²) in [5.74, 6) is 1.73. The van der Waals surface area contributed by atoms with Gasteiger partial charge in [0.05, 0.1) is 13.2 Å². The SMILES string of the molecule is CN(C)c1nccc(N2CCOCC2)n1. The molecule has 0 radical (unpaired) electrons. The molecule has 0 aromatic carbocycles. The van der Waals surface area contributed by atoms with Crippen LogP contribution in [0.4, 0.5) is 11.8 Å². The third-order valence-corrected chi connectivity index (χ3v) is 2.36. The number of nitrogens with zero attached hydrogens (tertiary/aromatic N) is 4. The van der Waals surface area contributed by atoms with Gasteiger partial charge in [0.2, 0.25) is 5.95 Å². The molecule has 1 aromatic rings. The topological polar surface area (TPSA) is 41.5 Å². The Bertz CT molecular complexity index is 323. The molecule has 5 heteroatoms. The van der Waals surface area contributed by atoms with E-state index < -0.39 is 0 Å². The third kappa shape index (κ3) is 2.36. The monoisotopic (exact) mass is 208 g/mol. The van der Waals surface area contributed by atoms with E-state index in [9.17, 15) is 0 Å². The molecule has 2 rings (SSSR count). The minimum Gasteiger partial charge on any atom is -0.378 e. The molecule has 0 aliphatic carbocycles. The highest BCUT2D eigenvalue weighted by Gasteiger charge is 2.13. The van der Waals surface area contributed by atoms with Crippen molar-refractivity contribution in [3.05, 3.63) is 12.3 Å². The van der Waals surface area contributed by atoms with E-state index in [0.717, 1.165) is 38.1 Å². The fourth-order valence-electron chi connectivity index (χ4n) is 1.52. The van der Waals surface area contributed by atoms with E-state index in [0.29, 0.717) is 0 Å². The van der Waals surface area contributed by atoms with Crippen LogP contribution < -0.4 is 9.80 Å². The summed E-state index contributed by atoms with van der Waals surface area (Å²) in [5.41, 5.74) is 0. The zero-order chi connectivity index (χ0) is 10.7. The van der Waals surface area contributed by atoms with Gasteiger partial charge in [0.25, 0.3) is 0 Å². The average molecular weight is 208 g/mol. The molecule has 82 valence electrons. The molecule has 1 aliphatic heterocycles. The molecule has 0 atom stereocenters. The van der Waals surface area contributed by atoms with Crippen LogP contribution in [0, 0.1) is 0 Å². The summed E-state index contributed by atoms with van der Waals surface area (Å²) in [4.78, 5) is 12.8. The molecule has 0 unspecified atom stereocenters. The van der Waals surface area contributed by atoms with Crippen LogP contribution in [-0.4, -0.2) is 50.4 Å². The summed E-state index contributed by atoms with van der Waals surface area (Å²) < 4.78 is 5.30. The van der Waals surface area contributed by atoms with E-state index in [1.165, 1.54) is 0 Å². The van der Waals surface area contributed by atoms with Crippen molar-refractivity contribution < 1.29 is 4.74 Å². The number of hydrogen-bond donors (Lipinski definition) is 0. The highest BCUT2D eigenvalue weighted by molar-refractivity contribution is 5.43. The maximum Gasteiger partial charge on any atom is 0.226 e. The second-order valence-electron chi connectivity index (χ2n) is 3.71. The lowest BCUT2D eigenvalue weighted by Gasteiger charge is -2.28. The largest absolute Gasteiger partial charge is 0.378 e. The third-order valence-electron chi connectivity index (χ3n) is 2.36. The van der Waals surface area contributed by atoms with Crippen molar-refractivity contribution in [2.24, 2.45) is 0 Å². The van der Waals surface area contributed by atoms with Crippen LogP contribution in [0.1, 0.15) is 0 Å². The highest BCUT2D eigenvalue weighted by atomic mass is 16.5. The lowest BCUT2D eigenvalue weighted by Crippen LogP contribution is -2.37. The number of ether oxygens (including phenoxy) is 1. The fourth-order valence-corrected chi connectivity index (χ4v) is 1.52. The number of aromatic nitrogens is 2. The highest BCUT2D eigenvalue weighted by Crippen LogP contribution is 2.14. The molecule has 0 bridgehead atoms. The lowest BCUT2D eigenvalue weighted by atomic mass is 10.4. The van der Waals surface area contributed by atoms with Gasteiger partial charge in [-0.05, 0) is 6.07 Å². The molecule has 1 aliphatic rings. The van der Waals surface area contributed by atoms with Crippen molar-refractivity contribution >= 4 is 11.8 Å². The standard InChI is InChI=1S/C10H16N4O/c1-13(2)10-11-4-3-9(12-10)14-5-7-15-8-6-14/h3-4H,5-8H2,1-2H3. The molecule has 1 fully saturated rings. The Morgan fingerprint density at radius 3 is 2.73 bits per heavy atom. The molecule has 5 nitrogen and oxygen atoms in total. The predicted octanol–water partition coefficient (Wildman–Crippen LogP) is 0.379. The first kappa shape index (κ1) is 10.2. The Balaban J connectivity index is 2.16. The van der Waals surface area contributed by atoms with Gasteiger partial charge in [-0.1, -0.05) is 0 Å². The maximum absolute atomic E-state index is 5.30. The van der Waals surface area contributed by atoms with Crippen LogP contribution >= 0.6 is 0 Å². The minimum atomic E-state index is 0.749. The first-order valence-electron chi connectivity index (χ1n) is 5.10. The van der Waals surface area contributed by atoms with Crippen molar-refractivity contribution in [1.29, 1.82) is 0 Å². The van der Waals surface area contributed by atoms with Crippen LogP contribution in [0.25, 0.3) is 0 Å². The summed E-state index contributed by atoms with van der Waals surface area (Å²) in [7, 11) is 3.89. The average Bonchev–Trinajstić information content (AvgIpc) is 2.30. The predicted molar refractivity (Wildman–Crippen MR) is 59.4 cm³/mol.